The maximum absolute atomic E-state index is 11.4. The lowest BCUT2D eigenvalue weighted by atomic mass is 10.1. The van der Waals surface area contributed by atoms with E-state index < -0.39 is 6.61 Å². The van der Waals surface area contributed by atoms with Gasteiger partial charge >= 0.3 is 0 Å². The maximum atomic E-state index is 11.4. The summed E-state index contributed by atoms with van der Waals surface area (Å²) in [5.74, 6) is 0.927. The monoisotopic (exact) mass is 377 g/mol. The maximum Gasteiger partial charge on any atom is 0.179 e. The summed E-state index contributed by atoms with van der Waals surface area (Å²) in [6.07, 6.45) is 2.31. The average molecular weight is 377 g/mol. The second-order valence-corrected chi connectivity index (χ2v) is 6.37. The van der Waals surface area contributed by atoms with E-state index in [9.17, 15) is 4.79 Å². The van der Waals surface area contributed by atoms with Crippen LogP contribution in [0.5, 0.6) is 11.5 Å². The van der Waals surface area contributed by atoms with Gasteiger partial charge in [-0.2, -0.15) is 0 Å². The number of ether oxygens (including phenoxy) is 2. The summed E-state index contributed by atoms with van der Waals surface area (Å²) in [7, 11) is 0. The highest BCUT2D eigenvalue weighted by Gasteiger charge is 2.11. The van der Waals surface area contributed by atoms with Crippen molar-refractivity contribution in [3.63, 3.8) is 0 Å². The van der Waals surface area contributed by atoms with Gasteiger partial charge in [0.2, 0.25) is 0 Å². The molecule has 0 spiro atoms. The number of hydrogen-bond acceptors (Lipinski definition) is 5. The van der Waals surface area contributed by atoms with Crippen LogP contribution in [0.3, 0.4) is 0 Å². The first kappa shape index (κ1) is 19.6. The van der Waals surface area contributed by atoms with Crippen molar-refractivity contribution in [3.05, 3.63) is 89.7 Å². The Kier molecular flexibility index (Phi) is 7.15. The summed E-state index contributed by atoms with van der Waals surface area (Å²) < 4.78 is 11.9. The summed E-state index contributed by atoms with van der Waals surface area (Å²) in [6.45, 7) is 0.365. The van der Waals surface area contributed by atoms with Crippen LogP contribution in [-0.4, -0.2) is 22.5 Å². The normalized spacial score (nSPS) is 10.5. The van der Waals surface area contributed by atoms with Crippen LogP contribution in [-0.2, 0) is 24.4 Å². The van der Waals surface area contributed by atoms with E-state index in [2.05, 4.69) is 4.98 Å². The van der Waals surface area contributed by atoms with E-state index >= 15 is 0 Å². The molecule has 0 radical (unpaired) electrons. The Morgan fingerprint density at radius 1 is 0.857 bits per heavy atom. The number of benzene rings is 2. The van der Waals surface area contributed by atoms with Crippen LogP contribution in [0.25, 0.3) is 0 Å². The lowest BCUT2D eigenvalue weighted by Gasteiger charge is -2.14. The molecule has 5 nitrogen and oxygen atoms in total. The summed E-state index contributed by atoms with van der Waals surface area (Å²) >= 11 is 0. The third-order valence-corrected chi connectivity index (χ3v) is 4.20. The molecule has 28 heavy (non-hydrogen) atoms. The minimum atomic E-state index is -0.449. The van der Waals surface area contributed by atoms with Crippen molar-refractivity contribution in [1.29, 1.82) is 0 Å². The van der Waals surface area contributed by atoms with E-state index in [1.54, 1.807) is 12.3 Å². The van der Waals surface area contributed by atoms with Crippen molar-refractivity contribution in [2.45, 2.75) is 26.1 Å². The molecule has 1 heterocycles. The molecule has 2 aromatic carbocycles. The molecule has 144 valence electrons. The number of nitrogens with zero attached hydrogens (tertiary/aromatic N) is 1. The summed E-state index contributed by atoms with van der Waals surface area (Å²) in [6, 6.07) is 21.5. The molecule has 3 rings (SSSR count). The fraction of sp³-hybridized carbons (Fsp3) is 0.217. The topological polar surface area (TPSA) is 68.7 Å². The minimum Gasteiger partial charge on any atom is -0.485 e. The van der Waals surface area contributed by atoms with Gasteiger partial charge < -0.3 is 14.6 Å². The fourth-order valence-corrected chi connectivity index (χ4v) is 2.64. The zero-order valence-electron chi connectivity index (χ0n) is 15.6. The lowest BCUT2D eigenvalue weighted by molar-refractivity contribution is -0.121. The molecule has 0 aliphatic rings. The zero-order valence-corrected chi connectivity index (χ0v) is 15.6. The van der Waals surface area contributed by atoms with Gasteiger partial charge in [0.25, 0.3) is 0 Å². The quantitative estimate of drug-likeness (QED) is 0.583. The largest absolute Gasteiger partial charge is 0.485 e. The molecule has 3 aromatic rings. The molecule has 0 unspecified atom stereocenters. The van der Waals surface area contributed by atoms with Gasteiger partial charge in [-0.3, -0.25) is 9.78 Å². The Bertz CT molecular complexity index is 882. The van der Waals surface area contributed by atoms with Gasteiger partial charge in [-0.1, -0.05) is 60.7 Å². The molecular formula is C23H23NO4. The Morgan fingerprint density at radius 2 is 1.43 bits per heavy atom. The van der Waals surface area contributed by atoms with Gasteiger partial charge in [-0.25, -0.2) is 0 Å². The molecule has 0 amide bonds. The number of carbonyl (C=O) groups excluding carboxylic acids is 1. The summed E-state index contributed by atoms with van der Waals surface area (Å²) in [5.41, 5.74) is 2.82. The number of carbonyl (C=O) groups is 1. The van der Waals surface area contributed by atoms with Gasteiger partial charge in [0, 0.05) is 18.2 Å². The first-order chi connectivity index (χ1) is 13.7. The van der Waals surface area contributed by atoms with E-state index in [1.807, 2.05) is 60.7 Å². The molecule has 1 aromatic heterocycles. The van der Waals surface area contributed by atoms with Crippen LogP contribution in [0.2, 0.25) is 0 Å². The second-order valence-electron chi connectivity index (χ2n) is 6.37. The van der Waals surface area contributed by atoms with Crippen molar-refractivity contribution >= 4 is 5.78 Å². The minimum absolute atomic E-state index is 0.210. The predicted octanol–water partition coefficient (Wildman–Crippen LogP) is 3.73. The van der Waals surface area contributed by atoms with Crippen LogP contribution < -0.4 is 9.47 Å². The molecule has 0 aliphatic heterocycles. The number of aliphatic hydroxyl groups is 1. The number of aryl methyl sites for hydroxylation is 1. The van der Waals surface area contributed by atoms with Crippen LogP contribution in [0, 0.1) is 0 Å². The first-order valence-corrected chi connectivity index (χ1v) is 9.19. The average Bonchev–Trinajstić information content (AvgIpc) is 2.76. The molecule has 0 bridgehead atoms. The number of aromatic nitrogens is 1. The number of rotatable bonds is 10. The van der Waals surface area contributed by atoms with Gasteiger partial charge in [-0.05, 0) is 17.5 Å². The molecular weight excluding hydrogens is 354 g/mol. The molecule has 0 aliphatic carbocycles. The zero-order chi connectivity index (χ0) is 19.6. The van der Waals surface area contributed by atoms with Crippen molar-refractivity contribution < 1.29 is 19.4 Å². The van der Waals surface area contributed by atoms with E-state index in [1.165, 1.54) is 0 Å². The third-order valence-electron chi connectivity index (χ3n) is 4.20. The van der Waals surface area contributed by atoms with Gasteiger partial charge in [0.05, 0.1) is 6.20 Å². The van der Waals surface area contributed by atoms with E-state index in [-0.39, 0.29) is 12.2 Å². The first-order valence-electron chi connectivity index (χ1n) is 9.19. The van der Waals surface area contributed by atoms with Crippen molar-refractivity contribution in [2.24, 2.45) is 0 Å². The van der Waals surface area contributed by atoms with Crippen molar-refractivity contribution in [3.8, 4) is 11.5 Å². The van der Waals surface area contributed by atoms with E-state index in [0.29, 0.717) is 31.1 Å². The van der Waals surface area contributed by atoms with Crippen LogP contribution >= 0.6 is 0 Å². The number of pyridine rings is 1. The second kappa shape index (κ2) is 10.2. The number of hydrogen-bond donors (Lipinski definition) is 1. The number of aliphatic hydroxyl groups excluding tert-OH is 1. The number of Topliss-reactive ketones (excluding diaryl/α,β-unsaturated/α-hetero) is 1. The highest BCUT2D eigenvalue weighted by molar-refractivity contribution is 5.79. The highest BCUT2D eigenvalue weighted by Crippen LogP contribution is 2.29. The Balaban J connectivity index is 1.73. The molecule has 0 atom stereocenters. The SMILES string of the molecule is O=C(CO)CCc1cc(OCc2ccccc2)c(OCc2ccccc2)cn1. The van der Waals surface area contributed by atoms with Crippen molar-refractivity contribution in [1.82, 2.24) is 4.98 Å². The van der Waals surface area contributed by atoms with Gasteiger partial charge in [0.1, 0.15) is 19.8 Å². The van der Waals surface area contributed by atoms with Gasteiger partial charge in [0.15, 0.2) is 17.3 Å². The summed E-state index contributed by atoms with van der Waals surface area (Å²) in [5, 5.41) is 8.89. The third kappa shape index (κ3) is 5.93. The van der Waals surface area contributed by atoms with E-state index in [0.717, 1.165) is 16.8 Å². The Labute approximate surface area is 164 Å². The Hall–Kier alpha value is -3.18. The fourth-order valence-electron chi connectivity index (χ4n) is 2.64. The lowest BCUT2D eigenvalue weighted by Crippen LogP contribution is -2.07. The molecule has 0 saturated heterocycles. The molecule has 0 fully saturated rings. The standard InChI is InChI=1S/C23H23NO4/c25-15-21(26)12-11-20-13-22(27-16-18-7-3-1-4-8-18)23(14-24-20)28-17-19-9-5-2-6-10-19/h1-10,13-14,25H,11-12,15-17H2. The number of ketones is 1. The van der Waals surface area contributed by atoms with Crippen LogP contribution in [0.1, 0.15) is 23.2 Å². The Morgan fingerprint density at radius 3 is 2.00 bits per heavy atom. The van der Waals surface area contributed by atoms with Crippen LogP contribution in [0.4, 0.5) is 0 Å². The highest BCUT2D eigenvalue weighted by atomic mass is 16.5. The van der Waals surface area contributed by atoms with Crippen LogP contribution in [0.15, 0.2) is 72.9 Å². The molecule has 0 saturated carbocycles. The van der Waals surface area contributed by atoms with E-state index in [4.69, 9.17) is 14.6 Å². The summed E-state index contributed by atoms with van der Waals surface area (Å²) in [4.78, 5) is 15.7. The predicted molar refractivity (Wildman–Crippen MR) is 106 cm³/mol. The molecule has 1 N–H and O–H groups in total. The van der Waals surface area contributed by atoms with Gasteiger partial charge in [-0.15, -0.1) is 0 Å². The molecule has 5 heteroatoms. The smallest absolute Gasteiger partial charge is 0.179 e. The van der Waals surface area contributed by atoms with Crippen molar-refractivity contribution in [2.75, 3.05) is 6.61 Å².